The van der Waals surface area contributed by atoms with Crippen LogP contribution in [0.3, 0.4) is 0 Å². The molecule has 0 bridgehead atoms. The van der Waals surface area contributed by atoms with Gasteiger partial charge in [-0.3, -0.25) is 19.3 Å². The summed E-state index contributed by atoms with van der Waals surface area (Å²) in [6, 6.07) is 14.1. The molecule has 6 N–H and O–H groups in total. The highest BCUT2D eigenvalue weighted by molar-refractivity contribution is 7.09. The minimum Gasteiger partial charge on any atom is -0.395 e. The molecule has 2 aromatic carbocycles. The lowest BCUT2D eigenvalue weighted by atomic mass is 9.94. The summed E-state index contributed by atoms with van der Waals surface area (Å²) in [5.74, 6) is -1.63. The van der Waals surface area contributed by atoms with Crippen molar-refractivity contribution in [1.29, 1.82) is 0 Å². The molecule has 4 aromatic rings. The number of aromatic amines is 1. The zero-order chi connectivity index (χ0) is 26.8. The summed E-state index contributed by atoms with van der Waals surface area (Å²) in [5.41, 5.74) is 14.2. The number of fused-ring (bicyclic) bond motifs is 1. The topological polar surface area (TPSA) is 147 Å². The van der Waals surface area contributed by atoms with Gasteiger partial charge in [0.05, 0.1) is 5.69 Å². The van der Waals surface area contributed by atoms with Gasteiger partial charge in [-0.15, -0.1) is 0 Å². The maximum Gasteiger partial charge on any atom is 0.273 e. The number of nitrogens with zero attached hydrogens (tertiary/aromatic N) is 2. The predicted molar refractivity (Wildman–Crippen MR) is 149 cm³/mol. The van der Waals surface area contributed by atoms with E-state index in [1.165, 1.54) is 4.90 Å². The Bertz CT molecular complexity index is 1500. The lowest BCUT2D eigenvalue weighted by Crippen LogP contribution is -2.47. The molecular formula is C28H30N6O3S. The molecule has 1 fully saturated rings. The van der Waals surface area contributed by atoms with Crippen LogP contribution >= 0.6 is 11.5 Å². The highest BCUT2D eigenvalue weighted by Crippen LogP contribution is 2.37. The summed E-state index contributed by atoms with van der Waals surface area (Å²) < 4.78 is 4.03. The lowest BCUT2D eigenvalue weighted by molar-refractivity contribution is -0.123. The molecule has 10 heteroatoms. The number of nitrogens with two attached hydrogens (primary N) is 2. The van der Waals surface area contributed by atoms with E-state index in [1.54, 1.807) is 12.3 Å². The van der Waals surface area contributed by atoms with E-state index in [0.29, 0.717) is 11.3 Å². The van der Waals surface area contributed by atoms with Gasteiger partial charge in [0, 0.05) is 34.4 Å². The van der Waals surface area contributed by atoms with Crippen LogP contribution in [0.4, 0.5) is 11.4 Å². The molecule has 1 saturated carbocycles. The van der Waals surface area contributed by atoms with Crippen LogP contribution in [0.1, 0.15) is 69.4 Å². The van der Waals surface area contributed by atoms with Gasteiger partial charge in [-0.2, -0.15) is 4.37 Å². The Morgan fingerprint density at radius 2 is 1.79 bits per heavy atom. The number of amides is 3. The van der Waals surface area contributed by atoms with Crippen molar-refractivity contribution in [3.05, 3.63) is 76.4 Å². The molecule has 2 heterocycles. The number of hydrogen-bond acceptors (Lipinski definition) is 6. The van der Waals surface area contributed by atoms with E-state index in [1.807, 2.05) is 49.4 Å². The average molecular weight is 531 g/mol. The molecular weight excluding hydrogens is 500 g/mol. The Morgan fingerprint density at radius 1 is 1.08 bits per heavy atom. The second-order valence-corrected chi connectivity index (χ2v) is 10.4. The summed E-state index contributed by atoms with van der Waals surface area (Å²) in [7, 11) is 0. The number of anilines is 2. The molecule has 0 saturated heterocycles. The Morgan fingerprint density at radius 3 is 2.50 bits per heavy atom. The van der Waals surface area contributed by atoms with Gasteiger partial charge in [-0.05, 0) is 49.0 Å². The molecule has 2 aromatic heterocycles. The number of nitrogen functional groups attached to an aromatic ring is 1. The minimum absolute atomic E-state index is 0.0349. The Kier molecular flexibility index (Phi) is 7.15. The summed E-state index contributed by atoms with van der Waals surface area (Å²) in [5, 5.41) is 4.05. The van der Waals surface area contributed by atoms with Crippen LogP contribution in [0.5, 0.6) is 0 Å². The number of carbonyl (C=O) groups excluding carboxylic acids is 3. The van der Waals surface area contributed by atoms with Crippen LogP contribution in [0.25, 0.3) is 10.9 Å². The molecule has 9 nitrogen and oxygen atoms in total. The van der Waals surface area contributed by atoms with Gasteiger partial charge < -0.3 is 21.8 Å². The first-order valence-electron chi connectivity index (χ1n) is 12.7. The fourth-order valence-electron chi connectivity index (χ4n) is 5.18. The van der Waals surface area contributed by atoms with Crippen molar-refractivity contribution in [3.8, 4) is 0 Å². The highest BCUT2D eigenvalue weighted by atomic mass is 32.1. The van der Waals surface area contributed by atoms with E-state index in [-0.39, 0.29) is 28.2 Å². The van der Waals surface area contributed by atoms with E-state index in [2.05, 4.69) is 14.7 Å². The van der Waals surface area contributed by atoms with Crippen molar-refractivity contribution in [2.24, 2.45) is 5.73 Å². The number of hydrogen-bond donors (Lipinski definition) is 4. The third kappa shape index (κ3) is 4.74. The zero-order valence-corrected chi connectivity index (χ0v) is 21.9. The molecule has 0 unspecified atom stereocenters. The largest absolute Gasteiger partial charge is 0.395 e. The van der Waals surface area contributed by atoms with Gasteiger partial charge >= 0.3 is 0 Å². The number of carbonyl (C=O) groups is 3. The fourth-order valence-corrected chi connectivity index (χ4v) is 5.93. The quantitative estimate of drug-likeness (QED) is 0.279. The number of para-hydroxylation sites is 2. The number of benzene rings is 2. The zero-order valence-electron chi connectivity index (χ0n) is 21.1. The number of nitrogens with one attached hydrogen (secondary N) is 2. The van der Waals surface area contributed by atoms with Crippen LogP contribution in [0.2, 0.25) is 0 Å². The Labute approximate surface area is 224 Å². The number of H-pyrrole nitrogens is 1. The summed E-state index contributed by atoms with van der Waals surface area (Å²) in [6.07, 6.45) is 6.83. The molecule has 1 aliphatic carbocycles. The number of aromatic nitrogens is 2. The second kappa shape index (κ2) is 10.7. The predicted octanol–water partition coefficient (Wildman–Crippen LogP) is 4.45. The number of rotatable bonds is 7. The molecule has 1 atom stereocenters. The SMILES string of the molecule is Cc1ccccc1N(C(=O)c1snc(C(N)=O)c1N)[C@@H](C(=O)NC1CCCCC1)c1c[nH]c2ccccc12. The first kappa shape index (κ1) is 25.5. The molecule has 0 radical (unpaired) electrons. The summed E-state index contributed by atoms with van der Waals surface area (Å²) in [6.45, 7) is 1.88. The Balaban J connectivity index is 1.68. The average Bonchev–Trinajstić information content (AvgIpc) is 3.51. The molecule has 3 amide bonds. The maximum absolute atomic E-state index is 14.3. The Hall–Kier alpha value is -4.18. The van der Waals surface area contributed by atoms with E-state index in [9.17, 15) is 14.4 Å². The van der Waals surface area contributed by atoms with E-state index < -0.39 is 17.9 Å². The second-order valence-electron chi connectivity index (χ2n) is 9.64. The van der Waals surface area contributed by atoms with Crippen LogP contribution in [0.15, 0.2) is 54.7 Å². The standard InChI is InChI=1S/C28H30N6O3S/c1-16-9-5-8-14-21(16)34(28(37)25-22(29)23(26(30)35)33-38-25)24(27(36)32-17-10-3-2-4-11-17)19-15-31-20-13-7-6-12-18(19)20/h5-9,12-15,17,24,31H,2-4,10-11,29H2,1H3,(H2,30,35)(H,32,36)/t24-/m1/s1. The van der Waals surface area contributed by atoms with Crippen LogP contribution in [0, 0.1) is 6.92 Å². The highest BCUT2D eigenvalue weighted by Gasteiger charge is 2.38. The third-order valence-corrected chi connectivity index (χ3v) is 7.97. The van der Waals surface area contributed by atoms with Crippen LogP contribution in [-0.2, 0) is 4.79 Å². The van der Waals surface area contributed by atoms with E-state index in [0.717, 1.165) is 60.1 Å². The van der Waals surface area contributed by atoms with Gasteiger partial charge in [-0.1, -0.05) is 55.7 Å². The monoisotopic (exact) mass is 530 g/mol. The van der Waals surface area contributed by atoms with Crippen molar-refractivity contribution in [1.82, 2.24) is 14.7 Å². The van der Waals surface area contributed by atoms with Crippen molar-refractivity contribution in [3.63, 3.8) is 0 Å². The van der Waals surface area contributed by atoms with Gasteiger partial charge in [0.25, 0.3) is 11.8 Å². The molecule has 0 aliphatic heterocycles. The lowest BCUT2D eigenvalue weighted by Gasteiger charge is -2.33. The number of primary amides is 1. The minimum atomic E-state index is -1.01. The molecule has 5 rings (SSSR count). The molecule has 38 heavy (non-hydrogen) atoms. The van der Waals surface area contributed by atoms with Crippen molar-refractivity contribution >= 4 is 51.5 Å². The normalized spacial score (nSPS) is 14.8. The van der Waals surface area contributed by atoms with E-state index >= 15 is 0 Å². The first-order valence-corrected chi connectivity index (χ1v) is 13.4. The number of aryl methyl sites for hydroxylation is 1. The third-order valence-electron chi connectivity index (χ3n) is 7.12. The van der Waals surface area contributed by atoms with Crippen molar-refractivity contribution < 1.29 is 14.4 Å². The molecule has 0 spiro atoms. The van der Waals surface area contributed by atoms with Gasteiger partial charge in [0.15, 0.2) is 5.69 Å². The van der Waals surface area contributed by atoms with E-state index in [4.69, 9.17) is 11.5 Å². The smallest absolute Gasteiger partial charge is 0.273 e. The molecule has 1 aliphatic rings. The van der Waals surface area contributed by atoms with Gasteiger partial charge in [0.1, 0.15) is 10.9 Å². The maximum atomic E-state index is 14.3. The van der Waals surface area contributed by atoms with Gasteiger partial charge in [0.2, 0.25) is 5.91 Å². The fraction of sp³-hybridized carbons (Fsp3) is 0.286. The van der Waals surface area contributed by atoms with Gasteiger partial charge in [-0.25, -0.2) is 0 Å². The molecule has 196 valence electrons. The van der Waals surface area contributed by atoms with Crippen molar-refractivity contribution in [2.75, 3.05) is 10.6 Å². The summed E-state index contributed by atoms with van der Waals surface area (Å²) in [4.78, 5) is 45.1. The van der Waals surface area contributed by atoms with Crippen LogP contribution < -0.4 is 21.7 Å². The summed E-state index contributed by atoms with van der Waals surface area (Å²) >= 11 is 0.801. The van der Waals surface area contributed by atoms with Crippen LogP contribution in [-0.4, -0.2) is 33.1 Å². The first-order chi connectivity index (χ1) is 18.4. The van der Waals surface area contributed by atoms with Crippen molar-refractivity contribution in [2.45, 2.75) is 51.1 Å².